The van der Waals surface area contributed by atoms with E-state index in [0.717, 1.165) is 59.0 Å². The molecule has 154 valence electrons. The summed E-state index contributed by atoms with van der Waals surface area (Å²) in [6.07, 6.45) is 4.10. The number of carbonyl (C=O) groups excluding carboxylic acids is 1. The Balaban J connectivity index is 1.47. The molecule has 5 heteroatoms. The fourth-order valence-electron chi connectivity index (χ4n) is 4.80. The van der Waals surface area contributed by atoms with Gasteiger partial charge in [-0.3, -0.25) is 9.78 Å². The van der Waals surface area contributed by atoms with E-state index in [1.54, 1.807) is 6.07 Å². The van der Waals surface area contributed by atoms with Crippen LogP contribution in [0.3, 0.4) is 0 Å². The minimum absolute atomic E-state index is 0.0966. The van der Waals surface area contributed by atoms with Crippen LogP contribution in [0.1, 0.15) is 40.0 Å². The summed E-state index contributed by atoms with van der Waals surface area (Å²) in [7, 11) is 0. The number of nitrogens with zero attached hydrogens (tertiary/aromatic N) is 3. The van der Waals surface area contributed by atoms with Gasteiger partial charge in [0.2, 0.25) is 0 Å². The van der Waals surface area contributed by atoms with Gasteiger partial charge in [-0.2, -0.15) is 0 Å². The van der Waals surface area contributed by atoms with E-state index in [0.29, 0.717) is 31.9 Å². The van der Waals surface area contributed by atoms with Gasteiger partial charge >= 0.3 is 0 Å². The van der Waals surface area contributed by atoms with Gasteiger partial charge in [-0.05, 0) is 62.4 Å². The van der Waals surface area contributed by atoms with Crippen molar-refractivity contribution in [1.29, 1.82) is 0 Å². The number of rotatable bonds is 2. The van der Waals surface area contributed by atoms with Crippen LogP contribution in [0.5, 0.6) is 0 Å². The molecule has 1 saturated heterocycles. The summed E-state index contributed by atoms with van der Waals surface area (Å²) in [5.41, 5.74) is 5.74. The Morgan fingerprint density at radius 2 is 1.77 bits per heavy atom. The van der Waals surface area contributed by atoms with E-state index in [9.17, 15) is 9.18 Å². The van der Waals surface area contributed by atoms with E-state index in [4.69, 9.17) is 4.98 Å². The molecule has 2 aromatic carbocycles. The van der Waals surface area contributed by atoms with Crippen molar-refractivity contribution in [3.63, 3.8) is 0 Å². The predicted molar refractivity (Wildman–Crippen MR) is 118 cm³/mol. The van der Waals surface area contributed by atoms with Crippen LogP contribution in [0, 0.1) is 12.7 Å². The summed E-state index contributed by atoms with van der Waals surface area (Å²) in [6, 6.07) is 13.1. The predicted octanol–water partition coefficient (Wildman–Crippen LogP) is 4.52. The van der Waals surface area contributed by atoms with Crippen LogP contribution in [-0.4, -0.2) is 42.0 Å². The van der Waals surface area contributed by atoms with E-state index in [1.807, 2.05) is 28.0 Å². The second-order valence-corrected chi connectivity index (χ2v) is 8.37. The first-order valence-corrected chi connectivity index (χ1v) is 10.8. The third kappa shape index (κ3) is 3.32. The van der Waals surface area contributed by atoms with Gasteiger partial charge in [0, 0.05) is 37.3 Å². The van der Waals surface area contributed by atoms with Crippen molar-refractivity contribution in [1.82, 2.24) is 9.88 Å². The summed E-state index contributed by atoms with van der Waals surface area (Å²) in [4.78, 5) is 22.6. The molecule has 1 aliphatic heterocycles. The molecule has 1 aliphatic carbocycles. The highest BCUT2D eigenvalue weighted by molar-refractivity contribution is 6.08. The van der Waals surface area contributed by atoms with Crippen molar-refractivity contribution >= 4 is 22.5 Å². The lowest BCUT2D eigenvalue weighted by atomic mass is 9.89. The molecule has 30 heavy (non-hydrogen) atoms. The molecule has 1 aromatic heterocycles. The molecular formula is C25H26FN3O. The molecule has 1 amide bonds. The minimum Gasteiger partial charge on any atom is -0.366 e. The Kier molecular flexibility index (Phi) is 4.89. The number of piperazine rings is 1. The van der Waals surface area contributed by atoms with Gasteiger partial charge in [0.15, 0.2) is 0 Å². The molecule has 1 fully saturated rings. The zero-order chi connectivity index (χ0) is 20.7. The average molecular weight is 404 g/mol. The van der Waals surface area contributed by atoms with Crippen LogP contribution in [0.4, 0.5) is 10.1 Å². The maximum atomic E-state index is 14.2. The number of fused-ring (bicyclic) bond motifs is 2. The zero-order valence-electron chi connectivity index (χ0n) is 17.3. The van der Waals surface area contributed by atoms with Gasteiger partial charge in [-0.1, -0.05) is 23.8 Å². The Morgan fingerprint density at radius 3 is 2.57 bits per heavy atom. The lowest BCUT2D eigenvalue weighted by Crippen LogP contribution is -2.49. The van der Waals surface area contributed by atoms with Gasteiger partial charge in [-0.25, -0.2) is 4.39 Å². The molecule has 5 rings (SSSR count). The average Bonchev–Trinajstić information content (AvgIpc) is 2.78. The normalized spacial score (nSPS) is 16.6. The smallest absolute Gasteiger partial charge is 0.255 e. The van der Waals surface area contributed by atoms with Crippen LogP contribution >= 0.6 is 0 Å². The van der Waals surface area contributed by atoms with Crippen LogP contribution in [0.15, 0.2) is 42.5 Å². The van der Waals surface area contributed by atoms with Gasteiger partial charge in [-0.15, -0.1) is 0 Å². The molecule has 0 bridgehead atoms. The number of anilines is 1. The number of aromatic nitrogens is 1. The summed E-state index contributed by atoms with van der Waals surface area (Å²) < 4.78 is 14.2. The molecule has 3 aromatic rings. The summed E-state index contributed by atoms with van der Waals surface area (Å²) in [6.45, 7) is 4.52. The topological polar surface area (TPSA) is 36.4 Å². The molecule has 2 heterocycles. The lowest BCUT2D eigenvalue weighted by Gasteiger charge is -2.37. The molecule has 4 nitrogen and oxygen atoms in total. The maximum absolute atomic E-state index is 14.2. The molecule has 0 spiro atoms. The second kappa shape index (κ2) is 7.71. The summed E-state index contributed by atoms with van der Waals surface area (Å²) in [5, 5.41) is 0.970. The molecule has 0 radical (unpaired) electrons. The Morgan fingerprint density at radius 1 is 1.00 bits per heavy atom. The molecule has 0 unspecified atom stereocenters. The van der Waals surface area contributed by atoms with Crippen LogP contribution in [0.25, 0.3) is 10.9 Å². The number of para-hydroxylation sites is 1. The summed E-state index contributed by atoms with van der Waals surface area (Å²) in [5.74, 6) is -0.110. The van der Waals surface area contributed by atoms with Crippen molar-refractivity contribution < 1.29 is 9.18 Å². The third-order valence-corrected chi connectivity index (χ3v) is 6.39. The Hall–Kier alpha value is -2.95. The number of aryl methyl sites for hydroxylation is 2. The van der Waals surface area contributed by atoms with Crippen LogP contribution in [-0.2, 0) is 12.8 Å². The summed E-state index contributed by atoms with van der Waals surface area (Å²) >= 11 is 0. The highest BCUT2D eigenvalue weighted by Gasteiger charge is 2.28. The zero-order valence-corrected chi connectivity index (χ0v) is 17.3. The van der Waals surface area contributed by atoms with Crippen LogP contribution in [0.2, 0.25) is 0 Å². The van der Waals surface area contributed by atoms with E-state index in [2.05, 4.69) is 19.1 Å². The minimum atomic E-state index is -0.207. The van der Waals surface area contributed by atoms with Gasteiger partial charge in [0.05, 0.1) is 16.8 Å². The molecule has 2 aliphatic rings. The molecule has 0 atom stereocenters. The first-order chi connectivity index (χ1) is 14.6. The SMILES string of the molecule is Cc1ccc2nc3c(c(C(=O)N4CCN(c5ccccc5F)CC4)c2c1)CCCC3. The number of carbonyl (C=O) groups is 1. The van der Waals surface area contributed by atoms with Crippen LogP contribution < -0.4 is 4.90 Å². The first kappa shape index (κ1) is 19.0. The largest absolute Gasteiger partial charge is 0.366 e. The number of amides is 1. The van der Waals surface area contributed by atoms with E-state index < -0.39 is 0 Å². The van der Waals surface area contributed by atoms with E-state index in [-0.39, 0.29) is 11.7 Å². The number of hydrogen-bond donors (Lipinski definition) is 0. The number of hydrogen-bond acceptors (Lipinski definition) is 3. The Labute approximate surface area is 176 Å². The van der Waals surface area contributed by atoms with Crippen molar-refractivity contribution in [3.8, 4) is 0 Å². The van der Waals surface area contributed by atoms with E-state index >= 15 is 0 Å². The highest BCUT2D eigenvalue weighted by atomic mass is 19.1. The molecule has 0 saturated carbocycles. The monoisotopic (exact) mass is 403 g/mol. The van der Waals surface area contributed by atoms with Gasteiger partial charge in [0.1, 0.15) is 5.82 Å². The number of pyridine rings is 1. The standard InChI is InChI=1S/C25H26FN3O/c1-17-10-11-22-19(16-17)24(18-6-2-4-8-21(18)27-22)25(30)29-14-12-28(13-15-29)23-9-5-3-7-20(23)26/h3,5,7,9-11,16H,2,4,6,8,12-15H2,1H3. The molecular weight excluding hydrogens is 377 g/mol. The van der Waals surface area contributed by atoms with Crippen molar-refractivity contribution in [2.45, 2.75) is 32.6 Å². The number of benzene rings is 2. The van der Waals surface area contributed by atoms with Gasteiger partial charge < -0.3 is 9.80 Å². The third-order valence-electron chi connectivity index (χ3n) is 6.39. The quantitative estimate of drug-likeness (QED) is 0.631. The highest BCUT2D eigenvalue weighted by Crippen LogP contribution is 2.31. The first-order valence-electron chi connectivity index (χ1n) is 10.8. The number of halogens is 1. The second-order valence-electron chi connectivity index (χ2n) is 8.37. The Bertz CT molecular complexity index is 1120. The van der Waals surface area contributed by atoms with E-state index in [1.165, 1.54) is 6.07 Å². The molecule has 0 N–H and O–H groups in total. The van der Waals surface area contributed by atoms with Crippen molar-refractivity contribution in [3.05, 3.63) is 70.7 Å². The fraction of sp³-hybridized carbons (Fsp3) is 0.360. The van der Waals surface area contributed by atoms with Gasteiger partial charge in [0.25, 0.3) is 5.91 Å². The fourth-order valence-corrected chi connectivity index (χ4v) is 4.80. The van der Waals surface area contributed by atoms with Crippen molar-refractivity contribution in [2.24, 2.45) is 0 Å². The maximum Gasteiger partial charge on any atom is 0.255 e. The lowest BCUT2D eigenvalue weighted by molar-refractivity contribution is 0.0747. The van der Waals surface area contributed by atoms with Crippen molar-refractivity contribution in [2.75, 3.05) is 31.1 Å².